The van der Waals surface area contributed by atoms with E-state index in [9.17, 15) is 0 Å². The number of nitrogen functional groups attached to an aromatic ring is 1. The highest BCUT2D eigenvalue weighted by atomic mass is 16.7. The topological polar surface area (TPSA) is 60.6 Å². The quantitative estimate of drug-likeness (QED) is 0.787. The van der Waals surface area contributed by atoms with Gasteiger partial charge in [0, 0.05) is 32.1 Å². The van der Waals surface area contributed by atoms with E-state index in [0.717, 1.165) is 50.5 Å². The monoisotopic (exact) mass is 235 g/mol. The van der Waals surface area contributed by atoms with Gasteiger partial charge in [-0.3, -0.25) is 4.98 Å². The van der Waals surface area contributed by atoms with E-state index in [1.807, 2.05) is 6.07 Å². The normalized spacial score (nSPS) is 23.2. The number of rotatable bonds is 1. The van der Waals surface area contributed by atoms with E-state index in [0.29, 0.717) is 0 Å². The molecule has 1 spiro atoms. The molecule has 92 valence electrons. The van der Waals surface area contributed by atoms with E-state index in [2.05, 4.69) is 9.88 Å². The van der Waals surface area contributed by atoms with Gasteiger partial charge < -0.3 is 20.1 Å². The van der Waals surface area contributed by atoms with Crippen LogP contribution in [-0.4, -0.2) is 37.1 Å². The van der Waals surface area contributed by atoms with Gasteiger partial charge in [0.15, 0.2) is 5.79 Å². The summed E-state index contributed by atoms with van der Waals surface area (Å²) < 4.78 is 11.4. The van der Waals surface area contributed by atoms with Gasteiger partial charge in [-0.25, -0.2) is 0 Å². The highest BCUT2D eigenvalue weighted by molar-refractivity contribution is 5.66. The Hall–Kier alpha value is -1.33. The third kappa shape index (κ3) is 1.96. The average molecular weight is 235 g/mol. The third-order valence-electron chi connectivity index (χ3n) is 3.51. The maximum Gasteiger partial charge on any atom is 0.171 e. The highest BCUT2D eigenvalue weighted by Gasteiger charge is 2.39. The van der Waals surface area contributed by atoms with Crippen LogP contribution in [-0.2, 0) is 9.47 Å². The minimum atomic E-state index is -0.321. The minimum absolute atomic E-state index is 0.321. The van der Waals surface area contributed by atoms with Crippen molar-refractivity contribution in [3.05, 3.63) is 18.5 Å². The summed E-state index contributed by atoms with van der Waals surface area (Å²) in [6.07, 6.45) is 5.27. The molecule has 0 aliphatic carbocycles. The fourth-order valence-electron chi connectivity index (χ4n) is 2.56. The summed E-state index contributed by atoms with van der Waals surface area (Å²) in [5.74, 6) is -0.321. The number of nitrogens with two attached hydrogens (primary N) is 1. The molecule has 0 unspecified atom stereocenters. The predicted octanol–water partition coefficient (Wildman–Crippen LogP) is 1.01. The summed E-state index contributed by atoms with van der Waals surface area (Å²) in [7, 11) is 0. The third-order valence-corrected chi connectivity index (χ3v) is 3.51. The van der Waals surface area contributed by atoms with Crippen molar-refractivity contribution >= 4 is 11.4 Å². The molecule has 0 radical (unpaired) electrons. The second-order valence-corrected chi connectivity index (χ2v) is 4.53. The number of anilines is 2. The number of pyridine rings is 1. The summed E-state index contributed by atoms with van der Waals surface area (Å²) in [5.41, 5.74) is 7.73. The molecule has 17 heavy (non-hydrogen) atoms. The van der Waals surface area contributed by atoms with Gasteiger partial charge in [-0.15, -0.1) is 0 Å². The maximum absolute atomic E-state index is 5.93. The van der Waals surface area contributed by atoms with Crippen molar-refractivity contribution in [1.82, 2.24) is 4.98 Å². The Morgan fingerprint density at radius 1 is 1.24 bits per heavy atom. The molecule has 0 aromatic carbocycles. The fraction of sp³-hybridized carbons (Fsp3) is 0.583. The van der Waals surface area contributed by atoms with Crippen molar-refractivity contribution < 1.29 is 9.47 Å². The van der Waals surface area contributed by atoms with Crippen molar-refractivity contribution in [2.45, 2.75) is 18.6 Å². The molecule has 5 heteroatoms. The van der Waals surface area contributed by atoms with Crippen LogP contribution in [0, 0.1) is 0 Å². The smallest absolute Gasteiger partial charge is 0.171 e. The Morgan fingerprint density at radius 3 is 2.59 bits per heavy atom. The molecule has 0 saturated carbocycles. The number of hydrogen-bond donors (Lipinski definition) is 1. The molecule has 0 bridgehead atoms. The van der Waals surface area contributed by atoms with E-state index < -0.39 is 0 Å². The van der Waals surface area contributed by atoms with Gasteiger partial charge in [0.25, 0.3) is 0 Å². The number of nitrogens with zero attached hydrogens (tertiary/aromatic N) is 2. The van der Waals surface area contributed by atoms with Crippen molar-refractivity contribution in [3.8, 4) is 0 Å². The molecule has 2 aliphatic heterocycles. The Labute approximate surface area is 101 Å². The molecule has 2 saturated heterocycles. The Balaban J connectivity index is 1.71. The first-order valence-corrected chi connectivity index (χ1v) is 6.01. The zero-order valence-electron chi connectivity index (χ0n) is 9.76. The number of hydrogen-bond acceptors (Lipinski definition) is 5. The lowest BCUT2D eigenvalue weighted by Gasteiger charge is -2.38. The molecule has 2 N–H and O–H groups in total. The van der Waals surface area contributed by atoms with E-state index in [1.54, 1.807) is 12.4 Å². The van der Waals surface area contributed by atoms with Crippen molar-refractivity contribution in [1.29, 1.82) is 0 Å². The second kappa shape index (κ2) is 4.16. The van der Waals surface area contributed by atoms with Crippen LogP contribution >= 0.6 is 0 Å². The van der Waals surface area contributed by atoms with Gasteiger partial charge in [-0.05, 0) is 6.07 Å². The van der Waals surface area contributed by atoms with Crippen LogP contribution in [0.15, 0.2) is 18.5 Å². The van der Waals surface area contributed by atoms with E-state index in [1.165, 1.54) is 0 Å². The summed E-state index contributed by atoms with van der Waals surface area (Å²) >= 11 is 0. The zero-order chi connectivity index (χ0) is 11.7. The van der Waals surface area contributed by atoms with E-state index in [4.69, 9.17) is 15.2 Å². The van der Waals surface area contributed by atoms with Crippen LogP contribution in [0.3, 0.4) is 0 Å². The molecule has 2 fully saturated rings. The summed E-state index contributed by atoms with van der Waals surface area (Å²) in [4.78, 5) is 6.28. The zero-order valence-corrected chi connectivity index (χ0v) is 9.76. The van der Waals surface area contributed by atoms with Crippen LogP contribution in [0.2, 0.25) is 0 Å². The minimum Gasteiger partial charge on any atom is -0.396 e. The molecule has 3 rings (SSSR count). The van der Waals surface area contributed by atoms with Crippen LogP contribution in [0.1, 0.15) is 12.8 Å². The van der Waals surface area contributed by atoms with Crippen LogP contribution in [0.4, 0.5) is 11.4 Å². The molecule has 3 heterocycles. The molecule has 5 nitrogen and oxygen atoms in total. The van der Waals surface area contributed by atoms with Gasteiger partial charge in [0.1, 0.15) is 0 Å². The first-order valence-electron chi connectivity index (χ1n) is 6.01. The maximum atomic E-state index is 5.93. The number of piperidine rings is 1. The SMILES string of the molecule is Nc1cnccc1N1CCC2(CC1)OCCO2. The summed E-state index contributed by atoms with van der Waals surface area (Å²) in [6.45, 7) is 3.26. The van der Waals surface area contributed by atoms with Crippen molar-refractivity contribution in [2.75, 3.05) is 36.9 Å². The van der Waals surface area contributed by atoms with Gasteiger partial charge in [-0.1, -0.05) is 0 Å². The fourth-order valence-corrected chi connectivity index (χ4v) is 2.56. The average Bonchev–Trinajstić information content (AvgIpc) is 2.80. The van der Waals surface area contributed by atoms with E-state index >= 15 is 0 Å². The van der Waals surface area contributed by atoms with Crippen molar-refractivity contribution in [3.63, 3.8) is 0 Å². The van der Waals surface area contributed by atoms with Crippen LogP contribution in [0.5, 0.6) is 0 Å². The van der Waals surface area contributed by atoms with Crippen molar-refractivity contribution in [2.24, 2.45) is 0 Å². The second-order valence-electron chi connectivity index (χ2n) is 4.53. The molecular weight excluding hydrogens is 218 g/mol. The lowest BCUT2D eigenvalue weighted by molar-refractivity contribution is -0.169. The Bertz CT molecular complexity index is 394. The number of ether oxygens (including phenoxy) is 2. The van der Waals surface area contributed by atoms with Gasteiger partial charge in [-0.2, -0.15) is 0 Å². The molecular formula is C12H17N3O2. The van der Waals surface area contributed by atoms with Gasteiger partial charge >= 0.3 is 0 Å². The van der Waals surface area contributed by atoms with Gasteiger partial charge in [0.2, 0.25) is 0 Å². The van der Waals surface area contributed by atoms with Crippen LogP contribution < -0.4 is 10.6 Å². The van der Waals surface area contributed by atoms with Crippen LogP contribution in [0.25, 0.3) is 0 Å². The first kappa shape index (κ1) is 10.8. The Morgan fingerprint density at radius 2 is 1.94 bits per heavy atom. The first-order chi connectivity index (χ1) is 8.29. The molecule has 0 amide bonds. The highest BCUT2D eigenvalue weighted by Crippen LogP contribution is 2.34. The largest absolute Gasteiger partial charge is 0.396 e. The summed E-state index contributed by atoms with van der Waals surface area (Å²) in [5, 5.41) is 0. The molecule has 0 atom stereocenters. The van der Waals surface area contributed by atoms with E-state index in [-0.39, 0.29) is 5.79 Å². The predicted molar refractivity (Wildman–Crippen MR) is 64.7 cm³/mol. The summed E-state index contributed by atoms with van der Waals surface area (Å²) in [6, 6.07) is 1.96. The van der Waals surface area contributed by atoms with Gasteiger partial charge in [0.05, 0.1) is 30.8 Å². The number of aromatic nitrogens is 1. The lowest BCUT2D eigenvalue weighted by Crippen LogP contribution is -2.45. The standard InChI is InChI=1S/C12H17N3O2/c13-10-9-14-4-1-11(10)15-5-2-12(3-6-15)16-7-8-17-12/h1,4,9H,2-3,5-8,13H2. The molecule has 2 aliphatic rings. The molecule has 1 aromatic rings. The Kier molecular flexibility index (Phi) is 2.64. The molecule has 1 aromatic heterocycles. The lowest BCUT2D eigenvalue weighted by atomic mass is 10.0.